The zero-order chi connectivity index (χ0) is 27.7. The minimum absolute atomic E-state index is 0.0511. The van der Waals surface area contributed by atoms with E-state index in [9.17, 15) is 14.7 Å². The fourth-order valence-corrected chi connectivity index (χ4v) is 5.29. The van der Waals surface area contributed by atoms with Crippen LogP contribution in [0.25, 0.3) is 0 Å². The molecule has 1 fully saturated rings. The number of urea groups is 1. The fourth-order valence-electron chi connectivity index (χ4n) is 5.04. The summed E-state index contributed by atoms with van der Waals surface area (Å²) in [5.41, 5.74) is 2.33. The van der Waals surface area contributed by atoms with Gasteiger partial charge in [-0.3, -0.25) is 14.7 Å². The second kappa shape index (κ2) is 11.4. The molecular weight excluding hydrogens is 539 g/mol. The van der Waals surface area contributed by atoms with Crippen LogP contribution in [0.3, 0.4) is 0 Å². The SMILES string of the molecule is CC(C)OC1=CC(O)CC=C1C1=N[C@@H](c2ccc(Cl)cc2)[C@@H](c2ccc(Cl)cc2)N1C(=O)N1CCNC(=O)C1. The molecule has 8 nitrogen and oxygen atoms in total. The van der Waals surface area contributed by atoms with Crippen LogP contribution in [0.2, 0.25) is 10.0 Å². The number of hydrogen-bond acceptors (Lipinski definition) is 5. The number of aliphatic hydroxyl groups is 1. The third-order valence-electron chi connectivity index (χ3n) is 6.78. The molecule has 0 bridgehead atoms. The van der Waals surface area contributed by atoms with Gasteiger partial charge in [-0.25, -0.2) is 4.79 Å². The largest absolute Gasteiger partial charge is 0.490 e. The topological polar surface area (TPSA) is 94.5 Å². The van der Waals surface area contributed by atoms with Crippen LogP contribution in [0.4, 0.5) is 4.79 Å². The van der Waals surface area contributed by atoms with E-state index in [4.69, 9.17) is 32.9 Å². The smallest absolute Gasteiger partial charge is 0.326 e. The van der Waals surface area contributed by atoms with E-state index in [2.05, 4.69) is 5.32 Å². The van der Waals surface area contributed by atoms with Crippen molar-refractivity contribution in [2.75, 3.05) is 19.6 Å². The Hall–Kier alpha value is -3.33. The van der Waals surface area contributed by atoms with Crippen LogP contribution in [-0.2, 0) is 9.53 Å². The van der Waals surface area contributed by atoms with Crippen molar-refractivity contribution in [1.29, 1.82) is 0 Å². The van der Waals surface area contributed by atoms with E-state index in [0.717, 1.165) is 11.1 Å². The first kappa shape index (κ1) is 27.2. The predicted octanol–water partition coefficient (Wildman–Crippen LogP) is 5.04. The first-order chi connectivity index (χ1) is 18.7. The van der Waals surface area contributed by atoms with Gasteiger partial charge in [0, 0.05) is 23.1 Å². The number of rotatable bonds is 5. The Kier molecular flexibility index (Phi) is 7.98. The highest BCUT2D eigenvalue weighted by molar-refractivity contribution is 6.30. The quantitative estimate of drug-likeness (QED) is 0.528. The van der Waals surface area contributed by atoms with Crippen molar-refractivity contribution in [1.82, 2.24) is 15.1 Å². The van der Waals surface area contributed by atoms with Gasteiger partial charge in [0.25, 0.3) is 0 Å². The van der Waals surface area contributed by atoms with E-state index in [1.165, 1.54) is 4.90 Å². The minimum atomic E-state index is -0.710. The molecule has 0 radical (unpaired) electrons. The van der Waals surface area contributed by atoms with Crippen LogP contribution >= 0.6 is 23.2 Å². The zero-order valence-electron chi connectivity index (χ0n) is 21.7. The highest BCUT2D eigenvalue weighted by Crippen LogP contribution is 2.45. The van der Waals surface area contributed by atoms with Crippen LogP contribution in [-0.4, -0.2) is 64.5 Å². The number of carbonyl (C=O) groups excluding carboxylic acids is 2. The molecule has 5 rings (SSSR count). The van der Waals surface area contributed by atoms with Crippen LogP contribution in [0.5, 0.6) is 0 Å². The predicted molar refractivity (Wildman–Crippen MR) is 151 cm³/mol. The van der Waals surface area contributed by atoms with Gasteiger partial charge in [-0.2, -0.15) is 0 Å². The lowest BCUT2D eigenvalue weighted by molar-refractivity contribution is -0.123. The summed E-state index contributed by atoms with van der Waals surface area (Å²) in [6.07, 6.45) is 2.99. The molecule has 39 heavy (non-hydrogen) atoms. The average molecular weight is 569 g/mol. The van der Waals surface area contributed by atoms with E-state index in [0.29, 0.717) is 46.7 Å². The van der Waals surface area contributed by atoms with Crippen molar-refractivity contribution in [3.8, 4) is 0 Å². The third kappa shape index (κ3) is 5.83. The van der Waals surface area contributed by atoms with Gasteiger partial charge >= 0.3 is 6.03 Å². The minimum Gasteiger partial charge on any atom is -0.490 e. The first-order valence-corrected chi connectivity index (χ1v) is 13.7. The molecule has 204 valence electrons. The number of carbonyl (C=O) groups is 2. The molecule has 10 heteroatoms. The monoisotopic (exact) mass is 568 g/mol. The first-order valence-electron chi connectivity index (χ1n) is 12.9. The lowest BCUT2D eigenvalue weighted by atomic mass is 9.93. The van der Waals surface area contributed by atoms with Crippen molar-refractivity contribution in [2.45, 2.75) is 44.6 Å². The molecule has 1 aliphatic carbocycles. The zero-order valence-corrected chi connectivity index (χ0v) is 23.2. The summed E-state index contributed by atoms with van der Waals surface area (Å²) in [4.78, 5) is 34.9. The van der Waals surface area contributed by atoms with E-state index in [-0.39, 0.29) is 24.6 Å². The molecule has 1 unspecified atom stereocenters. The highest BCUT2D eigenvalue weighted by atomic mass is 35.5. The molecule has 0 spiro atoms. The Labute approximate surface area is 237 Å². The Morgan fingerprint density at radius 1 is 1.08 bits per heavy atom. The van der Waals surface area contributed by atoms with Crippen molar-refractivity contribution in [2.24, 2.45) is 4.99 Å². The number of aliphatic imine (C=N–C) groups is 1. The maximum Gasteiger partial charge on any atom is 0.326 e. The number of halogens is 2. The second-order valence-electron chi connectivity index (χ2n) is 9.99. The number of nitrogens with one attached hydrogen (secondary N) is 1. The Morgan fingerprint density at radius 3 is 2.33 bits per heavy atom. The fraction of sp³-hybridized carbons (Fsp3) is 0.345. The standard InChI is InChI=1S/C29H30Cl2N4O4/c1-17(2)39-24-15-22(36)11-12-23(24)28-33-26(18-3-7-20(30)8-4-18)27(19-5-9-21(31)10-6-19)35(28)29(38)34-14-13-32-25(37)16-34/h3-10,12,15,17,22,26-27,36H,11,13-14,16H2,1-2H3,(H,32,37)/t22?,26-,27+/m0/s1. The molecule has 2 aromatic rings. The number of aliphatic hydroxyl groups excluding tert-OH is 1. The molecule has 2 aliphatic heterocycles. The van der Waals surface area contributed by atoms with Crippen LogP contribution in [0.1, 0.15) is 43.5 Å². The summed E-state index contributed by atoms with van der Waals surface area (Å²) in [5.74, 6) is 0.668. The number of hydrogen-bond donors (Lipinski definition) is 2. The lowest BCUT2D eigenvalue weighted by Gasteiger charge is -2.36. The molecule has 2 N–H and O–H groups in total. The Bertz CT molecular complexity index is 1340. The van der Waals surface area contributed by atoms with Crippen LogP contribution < -0.4 is 5.32 Å². The van der Waals surface area contributed by atoms with Crippen molar-refractivity contribution in [3.05, 3.63) is 93.2 Å². The van der Waals surface area contributed by atoms with Crippen molar-refractivity contribution in [3.63, 3.8) is 0 Å². The van der Waals surface area contributed by atoms with Gasteiger partial charge < -0.3 is 20.1 Å². The maximum atomic E-state index is 14.3. The average Bonchev–Trinajstić information content (AvgIpc) is 3.29. The normalized spacial score (nSPS) is 23.3. The maximum absolute atomic E-state index is 14.3. The summed E-state index contributed by atoms with van der Waals surface area (Å²) >= 11 is 12.4. The highest BCUT2D eigenvalue weighted by Gasteiger charge is 2.46. The molecule has 3 amide bonds. The Balaban J connectivity index is 1.66. The second-order valence-corrected chi connectivity index (χ2v) is 10.9. The Morgan fingerprint density at radius 2 is 1.72 bits per heavy atom. The molecule has 3 aliphatic rings. The molecular formula is C29H30Cl2N4O4. The van der Waals surface area contributed by atoms with Gasteiger partial charge in [-0.1, -0.05) is 53.5 Å². The van der Waals surface area contributed by atoms with Crippen LogP contribution in [0, 0.1) is 0 Å². The van der Waals surface area contributed by atoms with Crippen molar-refractivity contribution >= 4 is 41.0 Å². The van der Waals surface area contributed by atoms with E-state index >= 15 is 0 Å². The number of amidine groups is 1. The summed E-state index contributed by atoms with van der Waals surface area (Å²) in [7, 11) is 0. The van der Waals surface area contributed by atoms with E-state index < -0.39 is 18.2 Å². The summed E-state index contributed by atoms with van der Waals surface area (Å²) in [6, 6.07) is 13.4. The molecule has 3 atom stereocenters. The number of benzene rings is 2. The van der Waals surface area contributed by atoms with Crippen molar-refractivity contribution < 1.29 is 19.4 Å². The third-order valence-corrected chi connectivity index (χ3v) is 7.29. The van der Waals surface area contributed by atoms with E-state index in [1.54, 1.807) is 35.2 Å². The number of nitrogens with zero attached hydrogens (tertiary/aromatic N) is 3. The summed E-state index contributed by atoms with van der Waals surface area (Å²) in [6.45, 7) is 4.49. The van der Waals surface area contributed by atoms with Gasteiger partial charge in [0.05, 0.1) is 23.8 Å². The van der Waals surface area contributed by atoms with Gasteiger partial charge in [-0.15, -0.1) is 0 Å². The van der Waals surface area contributed by atoms with Gasteiger partial charge in [0.15, 0.2) is 0 Å². The molecule has 0 aromatic heterocycles. The number of ether oxygens (including phenoxy) is 1. The van der Waals surface area contributed by atoms with Gasteiger partial charge in [-0.05, 0) is 61.7 Å². The van der Waals surface area contributed by atoms with Gasteiger partial charge in [0.1, 0.15) is 24.2 Å². The van der Waals surface area contributed by atoms with Gasteiger partial charge in [0.2, 0.25) is 5.91 Å². The molecule has 1 saturated heterocycles. The molecule has 0 saturated carbocycles. The van der Waals surface area contributed by atoms with E-state index in [1.807, 2.05) is 44.2 Å². The van der Waals surface area contributed by atoms with Crippen LogP contribution in [0.15, 0.2) is 77.0 Å². The number of amides is 3. The number of piperazine rings is 1. The summed E-state index contributed by atoms with van der Waals surface area (Å²) in [5, 5.41) is 14.3. The summed E-state index contributed by atoms with van der Waals surface area (Å²) < 4.78 is 6.09. The molecule has 2 aromatic carbocycles. The molecule has 2 heterocycles. The lowest BCUT2D eigenvalue weighted by Crippen LogP contribution is -2.55.